The van der Waals surface area contributed by atoms with Gasteiger partial charge in [0.15, 0.2) is 0 Å². The smallest absolute Gasteiger partial charge is 0 e. The van der Waals surface area contributed by atoms with Crippen LogP contribution in [0.5, 0.6) is 0 Å². The van der Waals surface area contributed by atoms with Crippen molar-refractivity contribution in [3.05, 3.63) is 110 Å². The van der Waals surface area contributed by atoms with Gasteiger partial charge in [0.1, 0.15) is 0 Å². The number of aromatic nitrogens is 2. The third-order valence-corrected chi connectivity index (χ3v) is 7.91. The summed E-state index contributed by atoms with van der Waals surface area (Å²) in [5.41, 5.74) is 3.64. The van der Waals surface area contributed by atoms with Crippen molar-refractivity contribution >= 4 is 29.4 Å². The monoisotopic (exact) mass is 959 g/mol. The summed E-state index contributed by atoms with van der Waals surface area (Å²) in [7, 11) is 0. The van der Waals surface area contributed by atoms with Crippen LogP contribution in [0.15, 0.2) is 66.9 Å². The number of benzene rings is 1. The summed E-state index contributed by atoms with van der Waals surface area (Å²) < 4.78 is 22.5. The van der Waals surface area contributed by atoms with Crippen molar-refractivity contribution < 1.29 is 63.8 Å². The minimum atomic E-state index is -1.11. The van der Waals surface area contributed by atoms with Crippen LogP contribution in [0, 0.1) is 33.1 Å². The van der Waals surface area contributed by atoms with E-state index in [9.17, 15) is 29.4 Å². The number of aryl methyl sites for hydroxylation is 1. The van der Waals surface area contributed by atoms with Gasteiger partial charge in [-0.15, -0.1) is 0 Å². The van der Waals surface area contributed by atoms with Crippen LogP contribution in [0.25, 0.3) is 0 Å². The first-order valence-electron chi connectivity index (χ1n) is 17.7. The molecular weight excluding hydrogens is 909 g/mol. The summed E-state index contributed by atoms with van der Waals surface area (Å²) in [4.78, 5) is 62.1. The Morgan fingerprint density at radius 1 is 0.667 bits per heavy atom. The van der Waals surface area contributed by atoms with Gasteiger partial charge >= 0.3 is 45.8 Å². The van der Waals surface area contributed by atoms with Crippen molar-refractivity contribution in [1.29, 1.82) is 0 Å². The minimum absolute atomic E-state index is 0. The number of carbonyl (C=O) groups excluding carboxylic acids is 2. The Kier molecular flexibility index (Phi) is 33.9. The molecule has 57 heavy (non-hydrogen) atoms. The average Bonchev–Trinajstić information content (AvgIpc) is 3.19. The second-order valence-corrected chi connectivity index (χ2v) is 12.4. The van der Waals surface area contributed by atoms with Gasteiger partial charge in [0.25, 0.3) is 0 Å². The number of nitrogens with one attached hydrogen (secondary N) is 2. The van der Waals surface area contributed by atoms with Gasteiger partial charge in [0.05, 0.1) is 31.9 Å². The van der Waals surface area contributed by atoms with E-state index in [0.29, 0.717) is 12.2 Å². The molecule has 0 fully saturated rings. The molecule has 1 radical (unpaired) electrons. The van der Waals surface area contributed by atoms with Crippen molar-refractivity contribution in [3.63, 3.8) is 0 Å². The third kappa shape index (κ3) is 28.2. The van der Waals surface area contributed by atoms with Crippen LogP contribution in [-0.2, 0) is 66.6 Å². The van der Waals surface area contributed by atoms with E-state index < -0.39 is 18.5 Å². The second-order valence-electron chi connectivity index (χ2n) is 12.4. The van der Waals surface area contributed by atoms with Gasteiger partial charge < -0.3 is 30.7 Å². The fourth-order valence-electron chi connectivity index (χ4n) is 5.40. The first-order valence-corrected chi connectivity index (χ1v) is 17.7. The molecule has 0 bridgehead atoms. The van der Waals surface area contributed by atoms with Crippen molar-refractivity contribution in [2.45, 2.75) is 58.5 Å². The zero-order valence-corrected chi connectivity index (χ0v) is 34.7. The van der Waals surface area contributed by atoms with Gasteiger partial charge in [-0.1, -0.05) is 61.3 Å². The SMILES string of the molecule is Cc1ccc(NC(=O)CN(CCN(CC(=O)O)CC(=O)NCCCCCCCCN(Cc2ccc[c-]n2)Cc2ccccn2)CC(=O)O)cc1.[C-]#[O+].[C-]#[O+].[C-]#[O+].[Re]. The molecule has 0 saturated carbocycles. The van der Waals surface area contributed by atoms with Gasteiger partial charge in [-0.05, 0) is 57.1 Å². The molecule has 0 spiro atoms. The Labute approximate surface area is 348 Å². The quantitative estimate of drug-likeness (QED) is 0.0547. The number of amides is 2. The molecule has 0 atom stereocenters. The number of pyridine rings is 2. The predicted octanol–water partition coefficient (Wildman–Crippen LogP) is 3.34. The number of aliphatic carboxylic acids is 2. The summed E-state index contributed by atoms with van der Waals surface area (Å²) in [6.07, 6.45) is 10.8. The van der Waals surface area contributed by atoms with E-state index in [0.717, 1.165) is 75.1 Å². The number of unbranched alkanes of at least 4 members (excludes halogenated alkanes) is 5. The zero-order valence-electron chi connectivity index (χ0n) is 32.0. The summed E-state index contributed by atoms with van der Waals surface area (Å²) in [5, 5.41) is 24.3. The van der Waals surface area contributed by atoms with Crippen LogP contribution < -0.4 is 10.6 Å². The van der Waals surface area contributed by atoms with E-state index in [-0.39, 0.29) is 65.0 Å². The van der Waals surface area contributed by atoms with Crippen molar-refractivity contribution in [2.24, 2.45) is 0 Å². The average molecular weight is 959 g/mol. The number of carbonyl (C=O) groups is 4. The summed E-state index contributed by atoms with van der Waals surface area (Å²) in [6, 6.07) is 18.9. The van der Waals surface area contributed by atoms with E-state index in [1.807, 2.05) is 55.6 Å². The fraction of sp³-hybridized carbons (Fsp3) is 0.425. The van der Waals surface area contributed by atoms with Gasteiger partial charge in [0.2, 0.25) is 11.8 Å². The maximum absolute atomic E-state index is 12.6. The van der Waals surface area contributed by atoms with E-state index in [2.05, 4.69) is 51.6 Å². The molecule has 0 unspecified atom stereocenters. The standard InChI is InChI=1S/C37H50N7O6.3CO.Re/c1-30-14-16-31(17-15-30)41-35(46)27-44(29-37(49)50)23-22-43(28-36(47)48)26-34(45)40-20-8-4-2-3-5-11-21-42(24-32-12-6-9-18-38-32)25-33-13-7-10-19-39-33;3*1-2;/h6-7,9-10,12-18H,2-5,8,11,20-29H2,1H3,(H,40,45)(H,41,46)(H,47,48)(H,49,50);;;;/q-1;;;;. The molecule has 307 valence electrons. The number of carboxylic acid groups (broad SMARTS) is 2. The second kappa shape index (κ2) is 35.6. The Bertz CT molecular complexity index is 1540. The summed E-state index contributed by atoms with van der Waals surface area (Å²) in [5.74, 6) is -2.90. The number of hydrogen-bond donors (Lipinski definition) is 4. The molecule has 2 heterocycles. The topological polar surface area (TPSA) is 228 Å². The minimum Gasteiger partial charge on any atom is 0 e. The number of anilines is 1. The molecule has 0 aliphatic rings. The largest absolute Gasteiger partial charge is 0 e. The Hall–Kier alpha value is -4.84. The normalized spacial score (nSPS) is 9.93. The first kappa shape index (κ1) is 54.3. The summed E-state index contributed by atoms with van der Waals surface area (Å²) >= 11 is 0. The number of rotatable bonds is 25. The van der Waals surface area contributed by atoms with Crippen LogP contribution in [-0.4, -0.2) is 111 Å². The number of carboxylic acids is 2. The van der Waals surface area contributed by atoms with Crippen LogP contribution in [0.1, 0.15) is 55.5 Å². The maximum atomic E-state index is 12.6. The molecule has 16 nitrogen and oxygen atoms in total. The Morgan fingerprint density at radius 3 is 1.75 bits per heavy atom. The molecule has 2 aromatic heterocycles. The molecule has 2 amide bonds. The fourth-order valence-corrected chi connectivity index (χ4v) is 5.40. The number of hydrogen-bond acceptors (Lipinski definition) is 9. The third-order valence-electron chi connectivity index (χ3n) is 7.91. The molecule has 3 rings (SSSR count). The molecular formula is C40H50N7O9Re-. The Morgan fingerprint density at radius 2 is 1.21 bits per heavy atom. The van der Waals surface area contributed by atoms with E-state index in [1.54, 1.807) is 18.2 Å². The summed E-state index contributed by atoms with van der Waals surface area (Å²) in [6.45, 7) is 17.4. The van der Waals surface area contributed by atoms with Crippen molar-refractivity contribution in [1.82, 2.24) is 30.0 Å². The Balaban J connectivity index is 0. The molecule has 0 aliphatic carbocycles. The van der Waals surface area contributed by atoms with Gasteiger partial charge in [-0.2, -0.15) is 18.2 Å². The molecule has 1 aromatic carbocycles. The van der Waals surface area contributed by atoms with Gasteiger partial charge in [-0.25, -0.2) is 0 Å². The molecule has 0 saturated heterocycles. The molecule has 0 aliphatic heterocycles. The first-order chi connectivity index (χ1) is 27.2. The van der Waals surface area contributed by atoms with E-state index >= 15 is 0 Å². The predicted molar refractivity (Wildman–Crippen MR) is 202 cm³/mol. The van der Waals surface area contributed by atoms with Crippen molar-refractivity contribution in [3.8, 4) is 0 Å². The van der Waals surface area contributed by atoms with E-state index in [4.69, 9.17) is 14.0 Å². The van der Waals surface area contributed by atoms with Crippen LogP contribution in [0.4, 0.5) is 5.69 Å². The van der Waals surface area contributed by atoms with Gasteiger partial charge in [0, 0.05) is 58.5 Å². The molecule has 4 N–H and O–H groups in total. The zero-order chi connectivity index (χ0) is 42.0. The maximum Gasteiger partial charge on any atom is 0 e. The van der Waals surface area contributed by atoms with Crippen LogP contribution in [0.2, 0.25) is 0 Å². The van der Waals surface area contributed by atoms with Crippen LogP contribution in [0.3, 0.4) is 0 Å². The van der Waals surface area contributed by atoms with Crippen LogP contribution >= 0.6 is 0 Å². The van der Waals surface area contributed by atoms with E-state index in [1.165, 1.54) is 9.80 Å². The van der Waals surface area contributed by atoms with Gasteiger partial charge in [-0.3, -0.25) is 34.0 Å². The molecule has 17 heteroatoms. The van der Waals surface area contributed by atoms with Crippen molar-refractivity contribution in [2.75, 3.05) is 57.7 Å². The molecule has 3 aromatic rings. The number of nitrogens with zero attached hydrogens (tertiary/aromatic N) is 5.